The SMILES string of the molecule is CCCCC(CC)COC(=O)C(CCCCCCCCCCCCCCCCC(=O)O)(CC(CC)CCCC)C(C)C. The van der Waals surface area contributed by atoms with E-state index in [-0.39, 0.29) is 11.4 Å². The van der Waals surface area contributed by atoms with E-state index in [0.717, 1.165) is 44.9 Å². The number of carbonyl (C=O) groups excluding carboxylic acids is 1. The standard InChI is InChI=1S/C38H74O4/c1-7-11-27-34(9-3)31-38(33(5)6,37(41)42-32-35(10-4)28-12-8-2)30-26-24-22-20-18-16-14-13-15-17-19-21-23-25-29-36(39)40/h33-35H,7-32H2,1-6H3,(H,39,40). The molecule has 0 aromatic heterocycles. The second-order valence-corrected chi connectivity index (χ2v) is 13.8. The van der Waals surface area contributed by atoms with E-state index in [0.29, 0.717) is 30.8 Å². The summed E-state index contributed by atoms with van der Waals surface area (Å²) < 4.78 is 6.19. The predicted octanol–water partition coefficient (Wildman–Crippen LogP) is 12.3. The van der Waals surface area contributed by atoms with E-state index in [4.69, 9.17) is 9.84 Å². The summed E-state index contributed by atoms with van der Waals surface area (Å²) in [6.07, 6.45) is 29.1. The van der Waals surface area contributed by atoms with Gasteiger partial charge in [0.2, 0.25) is 0 Å². The van der Waals surface area contributed by atoms with Crippen LogP contribution in [0.25, 0.3) is 0 Å². The van der Waals surface area contributed by atoms with Gasteiger partial charge in [0.05, 0.1) is 12.0 Å². The zero-order chi connectivity index (χ0) is 31.5. The van der Waals surface area contributed by atoms with E-state index in [9.17, 15) is 9.59 Å². The van der Waals surface area contributed by atoms with Crippen molar-refractivity contribution in [1.82, 2.24) is 0 Å². The maximum Gasteiger partial charge on any atom is 0.312 e. The molecule has 0 heterocycles. The smallest absolute Gasteiger partial charge is 0.312 e. The van der Waals surface area contributed by atoms with Crippen molar-refractivity contribution in [2.45, 2.75) is 202 Å². The Balaban J connectivity index is 4.58. The number of unbranched alkanes of at least 4 members (excludes halogenated alkanes) is 15. The maximum absolute atomic E-state index is 13.9. The van der Waals surface area contributed by atoms with E-state index < -0.39 is 5.97 Å². The van der Waals surface area contributed by atoms with Gasteiger partial charge < -0.3 is 9.84 Å². The fraction of sp³-hybridized carbons (Fsp3) is 0.947. The summed E-state index contributed by atoms with van der Waals surface area (Å²) in [7, 11) is 0. The lowest BCUT2D eigenvalue weighted by Crippen LogP contribution is -2.40. The molecule has 0 radical (unpaired) electrons. The Kier molecular flexibility index (Phi) is 26.8. The van der Waals surface area contributed by atoms with E-state index in [1.54, 1.807) is 0 Å². The minimum absolute atomic E-state index is 0.0997. The summed E-state index contributed by atoms with van der Waals surface area (Å²) in [5, 5.41) is 8.69. The normalized spacial score (nSPS) is 14.5. The van der Waals surface area contributed by atoms with Crippen molar-refractivity contribution in [3.63, 3.8) is 0 Å². The molecular weight excluding hydrogens is 520 g/mol. The molecule has 0 aliphatic rings. The third-order valence-electron chi connectivity index (χ3n) is 9.96. The molecule has 0 aliphatic heterocycles. The second-order valence-electron chi connectivity index (χ2n) is 13.8. The molecule has 0 bridgehead atoms. The summed E-state index contributed by atoms with van der Waals surface area (Å²) in [5.41, 5.74) is -0.340. The van der Waals surface area contributed by atoms with Gasteiger partial charge in [-0.2, -0.15) is 0 Å². The fourth-order valence-electron chi connectivity index (χ4n) is 6.58. The molecule has 250 valence electrons. The molecule has 3 unspecified atom stereocenters. The van der Waals surface area contributed by atoms with Gasteiger partial charge in [-0.3, -0.25) is 9.59 Å². The Morgan fingerprint density at radius 2 is 1.05 bits per heavy atom. The van der Waals surface area contributed by atoms with Crippen LogP contribution in [0.1, 0.15) is 202 Å². The Morgan fingerprint density at radius 3 is 1.45 bits per heavy atom. The van der Waals surface area contributed by atoms with Crippen LogP contribution in [0.5, 0.6) is 0 Å². The first-order valence-electron chi connectivity index (χ1n) is 18.7. The van der Waals surface area contributed by atoms with Gasteiger partial charge in [0.1, 0.15) is 0 Å². The number of esters is 1. The monoisotopic (exact) mass is 595 g/mol. The van der Waals surface area contributed by atoms with Gasteiger partial charge in [0.25, 0.3) is 0 Å². The van der Waals surface area contributed by atoms with Gasteiger partial charge in [-0.1, -0.05) is 170 Å². The van der Waals surface area contributed by atoms with Crippen LogP contribution in [0.15, 0.2) is 0 Å². The summed E-state index contributed by atoms with van der Waals surface area (Å²) >= 11 is 0. The molecule has 42 heavy (non-hydrogen) atoms. The molecule has 0 spiro atoms. The first-order chi connectivity index (χ1) is 20.3. The summed E-state index contributed by atoms with van der Waals surface area (Å²) in [6.45, 7) is 14.2. The molecule has 4 nitrogen and oxygen atoms in total. The average molecular weight is 595 g/mol. The lowest BCUT2D eigenvalue weighted by molar-refractivity contribution is -0.163. The van der Waals surface area contributed by atoms with Crippen LogP contribution < -0.4 is 0 Å². The van der Waals surface area contributed by atoms with Gasteiger partial charge in [-0.05, 0) is 43.4 Å². The number of carbonyl (C=O) groups is 2. The van der Waals surface area contributed by atoms with Crippen LogP contribution >= 0.6 is 0 Å². The lowest BCUT2D eigenvalue weighted by Gasteiger charge is -2.38. The topological polar surface area (TPSA) is 63.6 Å². The Bertz CT molecular complexity index is 631. The molecule has 0 aliphatic carbocycles. The molecule has 1 N–H and O–H groups in total. The van der Waals surface area contributed by atoms with Crippen molar-refractivity contribution in [1.29, 1.82) is 0 Å². The van der Waals surface area contributed by atoms with Crippen molar-refractivity contribution in [3.05, 3.63) is 0 Å². The van der Waals surface area contributed by atoms with E-state index >= 15 is 0 Å². The largest absolute Gasteiger partial charge is 0.481 e. The molecule has 0 saturated carbocycles. The number of hydrogen-bond acceptors (Lipinski definition) is 3. The zero-order valence-electron chi connectivity index (χ0n) is 29.3. The summed E-state index contributed by atoms with van der Waals surface area (Å²) in [5.74, 6) is 0.846. The average Bonchev–Trinajstić information content (AvgIpc) is 2.97. The Morgan fingerprint density at radius 1 is 0.619 bits per heavy atom. The maximum atomic E-state index is 13.9. The van der Waals surface area contributed by atoms with Gasteiger partial charge in [-0.25, -0.2) is 0 Å². The molecule has 4 heteroatoms. The number of hydrogen-bond donors (Lipinski definition) is 1. The van der Waals surface area contributed by atoms with Gasteiger partial charge in [0, 0.05) is 6.42 Å². The molecule has 0 fully saturated rings. The number of carboxylic acid groups (broad SMARTS) is 1. The number of ether oxygens (including phenoxy) is 1. The third kappa shape index (κ3) is 20.0. The van der Waals surface area contributed by atoms with Crippen LogP contribution in [-0.4, -0.2) is 23.7 Å². The highest BCUT2D eigenvalue weighted by atomic mass is 16.5. The molecule has 0 aromatic rings. The summed E-state index contributed by atoms with van der Waals surface area (Å²) in [6, 6.07) is 0. The van der Waals surface area contributed by atoms with Crippen molar-refractivity contribution < 1.29 is 19.4 Å². The minimum atomic E-state index is -0.667. The highest BCUT2D eigenvalue weighted by Crippen LogP contribution is 2.43. The highest BCUT2D eigenvalue weighted by Gasteiger charge is 2.43. The van der Waals surface area contributed by atoms with E-state index in [1.165, 1.54) is 109 Å². The minimum Gasteiger partial charge on any atom is -0.481 e. The first kappa shape index (κ1) is 40.9. The van der Waals surface area contributed by atoms with E-state index in [2.05, 4.69) is 41.5 Å². The zero-order valence-corrected chi connectivity index (χ0v) is 29.3. The summed E-state index contributed by atoms with van der Waals surface area (Å²) in [4.78, 5) is 24.4. The number of aliphatic carboxylic acids is 1. The molecule has 3 atom stereocenters. The third-order valence-corrected chi connectivity index (χ3v) is 9.96. The van der Waals surface area contributed by atoms with Crippen molar-refractivity contribution >= 4 is 11.9 Å². The quantitative estimate of drug-likeness (QED) is 0.0640. The highest BCUT2D eigenvalue weighted by molar-refractivity contribution is 5.77. The molecular formula is C38H74O4. The van der Waals surface area contributed by atoms with Crippen LogP contribution in [0.4, 0.5) is 0 Å². The van der Waals surface area contributed by atoms with Crippen molar-refractivity contribution in [3.8, 4) is 0 Å². The Labute approximate surface area is 262 Å². The molecule has 0 rings (SSSR count). The van der Waals surface area contributed by atoms with E-state index in [1.807, 2.05) is 0 Å². The van der Waals surface area contributed by atoms with Crippen LogP contribution in [0, 0.1) is 23.2 Å². The fourth-order valence-corrected chi connectivity index (χ4v) is 6.58. The Hall–Kier alpha value is -1.06. The molecule has 0 aromatic carbocycles. The first-order valence-corrected chi connectivity index (χ1v) is 18.7. The number of carboxylic acids is 1. The van der Waals surface area contributed by atoms with Crippen LogP contribution in [0.3, 0.4) is 0 Å². The van der Waals surface area contributed by atoms with Gasteiger partial charge >= 0.3 is 11.9 Å². The van der Waals surface area contributed by atoms with Crippen LogP contribution in [0.2, 0.25) is 0 Å². The second kappa shape index (κ2) is 27.5. The van der Waals surface area contributed by atoms with Crippen molar-refractivity contribution in [2.75, 3.05) is 6.61 Å². The van der Waals surface area contributed by atoms with Crippen molar-refractivity contribution in [2.24, 2.45) is 23.2 Å². The number of rotatable bonds is 31. The predicted molar refractivity (Wildman–Crippen MR) is 181 cm³/mol. The van der Waals surface area contributed by atoms with Crippen LogP contribution in [-0.2, 0) is 14.3 Å². The lowest BCUT2D eigenvalue weighted by atomic mass is 9.67. The molecule has 0 amide bonds. The molecule has 0 saturated heterocycles. The van der Waals surface area contributed by atoms with Gasteiger partial charge in [-0.15, -0.1) is 0 Å². The van der Waals surface area contributed by atoms with Gasteiger partial charge in [0.15, 0.2) is 0 Å².